The first kappa shape index (κ1) is 26.5. The molecule has 0 fully saturated rings. The van der Waals surface area contributed by atoms with E-state index in [4.69, 9.17) is 0 Å². The van der Waals surface area contributed by atoms with E-state index in [-0.39, 0.29) is 10.7 Å². The van der Waals surface area contributed by atoms with Crippen molar-refractivity contribution in [3.8, 4) is 22.5 Å². The number of nitrogens with zero attached hydrogens (tertiary/aromatic N) is 2. The zero-order valence-electron chi connectivity index (χ0n) is 24.8. The van der Waals surface area contributed by atoms with Gasteiger partial charge in [0.1, 0.15) is 0 Å². The molecule has 6 heteroatoms. The van der Waals surface area contributed by atoms with Crippen molar-refractivity contribution in [2.75, 3.05) is 0 Å². The molecular weight excluding hydrogens is 575 g/mol. The van der Waals surface area contributed by atoms with Gasteiger partial charge < -0.3 is 18.9 Å². The van der Waals surface area contributed by atoms with Crippen LogP contribution in [0.4, 0.5) is 0 Å². The summed E-state index contributed by atoms with van der Waals surface area (Å²) < 4.78 is 16.7. The van der Waals surface area contributed by atoms with Crippen molar-refractivity contribution in [1.29, 1.82) is 0 Å². The average Bonchev–Trinajstić information content (AvgIpc) is 3.64. The minimum Gasteiger partial charge on any atom is -0.321 e. The molecular formula is C39H29N2O3P. The molecule has 8 aromatic rings. The van der Waals surface area contributed by atoms with E-state index >= 15 is 0 Å². The van der Waals surface area contributed by atoms with Gasteiger partial charge in [-0.2, -0.15) is 0 Å². The van der Waals surface area contributed by atoms with Crippen molar-refractivity contribution in [3.63, 3.8) is 0 Å². The molecule has 0 aliphatic heterocycles. The van der Waals surface area contributed by atoms with Gasteiger partial charge in [0.25, 0.3) is 0 Å². The molecule has 2 aromatic heterocycles. The van der Waals surface area contributed by atoms with E-state index in [0.717, 1.165) is 33.2 Å². The Balaban J connectivity index is 1.22. The molecule has 0 saturated carbocycles. The summed E-state index contributed by atoms with van der Waals surface area (Å²) in [5.74, 6) is 0. The summed E-state index contributed by atoms with van der Waals surface area (Å²) in [7, 11) is -4.39. The molecule has 2 heterocycles. The second-order valence-electron chi connectivity index (χ2n) is 12.6. The Labute approximate surface area is 259 Å². The second-order valence-corrected chi connectivity index (χ2v) is 14.2. The van der Waals surface area contributed by atoms with Crippen LogP contribution in [0, 0.1) is 0 Å². The molecule has 0 radical (unpaired) electrons. The van der Waals surface area contributed by atoms with Crippen LogP contribution in [-0.2, 0) is 9.98 Å². The van der Waals surface area contributed by atoms with Gasteiger partial charge in [-0.15, -0.1) is 0 Å². The Bertz CT molecular complexity index is 2530. The summed E-state index contributed by atoms with van der Waals surface area (Å²) in [6, 6.07) is 43.8. The van der Waals surface area contributed by atoms with Gasteiger partial charge in [-0.3, -0.25) is 4.57 Å². The van der Waals surface area contributed by atoms with E-state index in [2.05, 4.69) is 114 Å². The lowest BCUT2D eigenvalue weighted by atomic mass is 9.82. The predicted octanol–water partition coefficient (Wildman–Crippen LogP) is 8.99. The van der Waals surface area contributed by atoms with Crippen LogP contribution in [0.2, 0.25) is 0 Å². The molecule has 0 atom stereocenters. The standard InChI is InChI=1S/C39H29N2O3P/c1-39(2)33-21-24(40-35-12-6-3-9-29(35)30-10-4-7-13-36(30)40)15-18-27(33)28-19-16-25(22-34(28)39)41-37-14-8-5-11-31(37)32-23-26(45(42,43)44)17-20-38(32)41/h3-23H,1-2H3,(H2,42,43,44). The third kappa shape index (κ3) is 3.66. The lowest BCUT2D eigenvalue weighted by molar-refractivity contribution is 0.387. The van der Waals surface area contributed by atoms with Crippen molar-refractivity contribution in [2.24, 2.45) is 0 Å². The molecule has 6 aromatic carbocycles. The molecule has 0 bridgehead atoms. The van der Waals surface area contributed by atoms with Gasteiger partial charge in [0, 0.05) is 38.3 Å². The van der Waals surface area contributed by atoms with Crippen molar-refractivity contribution < 1.29 is 14.4 Å². The maximum absolute atomic E-state index is 12.1. The van der Waals surface area contributed by atoms with E-state index in [1.807, 2.05) is 24.3 Å². The number of hydrogen-bond acceptors (Lipinski definition) is 1. The Hall–Kier alpha value is -4.93. The first-order valence-corrected chi connectivity index (χ1v) is 16.7. The largest absolute Gasteiger partial charge is 0.356 e. The number of benzene rings is 6. The zero-order valence-corrected chi connectivity index (χ0v) is 25.7. The van der Waals surface area contributed by atoms with Crippen LogP contribution in [-0.4, -0.2) is 18.9 Å². The SMILES string of the molecule is CC1(C)c2cc(-n3c4ccccc4c4ccccc43)ccc2-c2ccc(-n3c4ccccc4c4cc(P(=O)(O)O)ccc43)cc21. The fraction of sp³-hybridized carbons (Fsp3) is 0.0769. The number of rotatable bonds is 3. The predicted molar refractivity (Wildman–Crippen MR) is 184 cm³/mol. The first-order chi connectivity index (χ1) is 21.7. The summed E-state index contributed by atoms with van der Waals surface area (Å²) in [5, 5.41) is 4.31. The summed E-state index contributed by atoms with van der Waals surface area (Å²) in [6.45, 7) is 4.60. The van der Waals surface area contributed by atoms with Gasteiger partial charge in [-0.25, -0.2) is 0 Å². The second kappa shape index (κ2) is 9.06. The van der Waals surface area contributed by atoms with Gasteiger partial charge in [-0.1, -0.05) is 80.6 Å². The minimum absolute atomic E-state index is 0.0301. The monoisotopic (exact) mass is 604 g/mol. The fourth-order valence-corrected chi connectivity index (χ4v) is 8.18. The van der Waals surface area contributed by atoms with Crippen LogP contribution in [0.1, 0.15) is 25.0 Å². The van der Waals surface area contributed by atoms with Gasteiger partial charge in [0.15, 0.2) is 0 Å². The maximum Gasteiger partial charge on any atom is 0.356 e. The third-order valence-electron chi connectivity index (χ3n) is 9.73. The van der Waals surface area contributed by atoms with E-state index < -0.39 is 7.60 Å². The Morgan fingerprint density at radius 2 is 0.933 bits per heavy atom. The molecule has 2 N–H and O–H groups in total. The van der Waals surface area contributed by atoms with E-state index in [0.29, 0.717) is 0 Å². The van der Waals surface area contributed by atoms with E-state index in [9.17, 15) is 14.4 Å². The number of para-hydroxylation sites is 3. The molecule has 0 amide bonds. The van der Waals surface area contributed by atoms with Crippen LogP contribution in [0.3, 0.4) is 0 Å². The Morgan fingerprint density at radius 3 is 1.40 bits per heavy atom. The normalized spacial score (nSPS) is 14.0. The summed E-state index contributed by atoms with van der Waals surface area (Å²) in [5.41, 5.74) is 11.3. The summed E-state index contributed by atoms with van der Waals surface area (Å²) in [4.78, 5) is 19.8. The Kier molecular flexibility index (Phi) is 5.33. The average molecular weight is 605 g/mol. The highest BCUT2D eigenvalue weighted by atomic mass is 31.2. The smallest absolute Gasteiger partial charge is 0.321 e. The first-order valence-electron chi connectivity index (χ1n) is 15.1. The van der Waals surface area contributed by atoms with Gasteiger partial charge >= 0.3 is 7.60 Å². The van der Waals surface area contributed by atoms with E-state index in [1.54, 1.807) is 12.1 Å². The van der Waals surface area contributed by atoms with Gasteiger partial charge in [0.2, 0.25) is 0 Å². The molecule has 0 spiro atoms. The van der Waals surface area contributed by atoms with Crippen molar-refractivity contribution >= 4 is 56.5 Å². The molecule has 1 aliphatic carbocycles. The lowest BCUT2D eigenvalue weighted by Gasteiger charge is -2.23. The highest BCUT2D eigenvalue weighted by Crippen LogP contribution is 2.50. The van der Waals surface area contributed by atoms with E-state index in [1.165, 1.54) is 44.1 Å². The van der Waals surface area contributed by atoms with Crippen LogP contribution in [0.15, 0.2) is 127 Å². The quantitative estimate of drug-likeness (QED) is 0.198. The molecule has 5 nitrogen and oxygen atoms in total. The fourth-order valence-electron chi connectivity index (χ4n) is 7.61. The highest BCUT2D eigenvalue weighted by molar-refractivity contribution is 7.60. The zero-order chi connectivity index (χ0) is 30.7. The number of aromatic nitrogens is 2. The lowest BCUT2D eigenvalue weighted by Crippen LogP contribution is -2.16. The maximum atomic E-state index is 12.1. The molecule has 9 rings (SSSR count). The summed E-state index contributed by atoms with van der Waals surface area (Å²) in [6.07, 6.45) is 0. The molecule has 0 saturated heterocycles. The molecule has 1 aliphatic rings. The topological polar surface area (TPSA) is 67.4 Å². The van der Waals surface area contributed by atoms with Crippen molar-refractivity contribution in [3.05, 3.63) is 139 Å². The van der Waals surface area contributed by atoms with Gasteiger partial charge in [0.05, 0.1) is 27.4 Å². The van der Waals surface area contributed by atoms with Crippen LogP contribution >= 0.6 is 7.60 Å². The Morgan fingerprint density at radius 1 is 0.511 bits per heavy atom. The summed E-state index contributed by atoms with van der Waals surface area (Å²) >= 11 is 0. The minimum atomic E-state index is -4.39. The van der Waals surface area contributed by atoms with Gasteiger partial charge in [-0.05, 0) is 82.9 Å². The van der Waals surface area contributed by atoms with Crippen molar-refractivity contribution in [1.82, 2.24) is 9.13 Å². The molecule has 0 unspecified atom stereocenters. The number of fused-ring (bicyclic) bond motifs is 9. The van der Waals surface area contributed by atoms with Crippen LogP contribution < -0.4 is 5.30 Å². The molecule has 218 valence electrons. The van der Waals surface area contributed by atoms with Crippen LogP contribution in [0.5, 0.6) is 0 Å². The third-order valence-corrected chi connectivity index (χ3v) is 10.7. The molecule has 45 heavy (non-hydrogen) atoms. The highest BCUT2D eigenvalue weighted by Gasteiger charge is 2.36. The van der Waals surface area contributed by atoms with Crippen LogP contribution in [0.25, 0.3) is 66.1 Å². The number of hydrogen-bond donors (Lipinski definition) is 2. The van der Waals surface area contributed by atoms with Crippen molar-refractivity contribution in [2.45, 2.75) is 19.3 Å².